The van der Waals surface area contributed by atoms with Crippen LogP contribution in [0.3, 0.4) is 0 Å². The highest BCUT2D eigenvalue weighted by molar-refractivity contribution is 6.17. The maximum atomic E-state index is 15.1. The van der Waals surface area contributed by atoms with E-state index in [0.29, 0.717) is 22.7 Å². The molecule has 3 heterocycles. The lowest BCUT2D eigenvalue weighted by Crippen LogP contribution is -2.51. The SMILES string of the molecule is COc1ccc(OC)c(C(=O)[C@@H]2[C@H](C(=O)C(C)(C)C)N3c4ccccc4C(C)=C[C@@H]3[C@@]23C(=O)Nc2ccccc23)c1. The Morgan fingerprint density at radius 3 is 2.37 bits per heavy atom. The lowest BCUT2D eigenvalue weighted by atomic mass is 9.63. The van der Waals surface area contributed by atoms with Gasteiger partial charge < -0.3 is 19.7 Å². The summed E-state index contributed by atoms with van der Waals surface area (Å²) < 4.78 is 11.1. The molecule has 0 unspecified atom stereocenters. The Hall–Kier alpha value is -4.39. The molecule has 4 atom stereocenters. The molecule has 0 radical (unpaired) electrons. The third kappa shape index (κ3) is 3.68. The summed E-state index contributed by atoms with van der Waals surface area (Å²) in [5.41, 5.74) is 2.28. The van der Waals surface area contributed by atoms with Gasteiger partial charge in [0.25, 0.3) is 0 Å². The minimum absolute atomic E-state index is 0.112. The van der Waals surface area contributed by atoms with E-state index in [1.807, 2.05) is 81.1 Å². The Morgan fingerprint density at radius 1 is 0.951 bits per heavy atom. The highest BCUT2D eigenvalue weighted by atomic mass is 16.5. The largest absolute Gasteiger partial charge is 0.497 e. The minimum Gasteiger partial charge on any atom is -0.497 e. The molecule has 3 aromatic rings. The van der Waals surface area contributed by atoms with Crippen LogP contribution in [-0.4, -0.2) is 43.8 Å². The predicted molar refractivity (Wildman–Crippen MR) is 159 cm³/mol. The molecule has 6 rings (SSSR count). The van der Waals surface area contributed by atoms with E-state index in [2.05, 4.69) is 11.4 Å². The lowest BCUT2D eigenvalue weighted by Gasteiger charge is -2.39. The van der Waals surface area contributed by atoms with Crippen LogP contribution in [0.2, 0.25) is 0 Å². The molecule has 3 aromatic carbocycles. The molecule has 0 aromatic heterocycles. The van der Waals surface area contributed by atoms with Gasteiger partial charge in [-0.15, -0.1) is 0 Å². The summed E-state index contributed by atoms with van der Waals surface area (Å²) in [6.45, 7) is 7.61. The van der Waals surface area contributed by atoms with Gasteiger partial charge in [-0.05, 0) is 48.4 Å². The zero-order valence-corrected chi connectivity index (χ0v) is 24.1. The van der Waals surface area contributed by atoms with Gasteiger partial charge in [0.05, 0.1) is 31.7 Å². The van der Waals surface area contributed by atoms with Crippen molar-refractivity contribution in [3.63, 3.8) is 0 Å². The van der Waals surface area contributed by atoms with Crippen LogP contribution >= 0.6 is 0 Å². The van der Waals surface area contributed by atoms with E-state index in [-0.39, 0.29) is 23.0 Å². The van der Waals surface area contributed by atoms with Crippen LogP contribution < -0.4 is 19.7 Å². The van der Waals surface area contributed by atoms with Gasteiger partial charge in [-0.1, -0.05) is 63.2 Å². The van der Waals surface area contributed by atoms with Crippen molar-refractivity contribution >= 4 is 34.4 Å². The first kappa shape index (κ1) is 26.8. The monoisotopic (exact) mass is 550 g/mol. The van der Waals surface area contributed by atoms with Gasteiger partial charge in [0, 0.05) is 22.4 Å². The standard InChI is InChI=1S/C34H34N2O5/c1-19-17-27-34(23-12-8-9-13-24(23)35-32(34)39)28(30(37)22-18-20(40-5)15-16-26(22)41-6)29(31(38)33(2,3)4)36(27)25-14-10-7-11-21(19)25/h7-18,27-29H,1-6H3,(H,35,39)/t27-,28+,29-,34-/m1/s1. The minimum atomic E-state index is -1.37. The van der Waals surface area contributed by atoms with Gasteiger partial charge in [-0.3, -0.25) is 14.4 Å². The van der Waals surface area contributed by atoms with E-state index in [4.69, 9.17) is 9.47 Å². The van der Waals surface area contributed by atoms with E-state index >= 15 is 4.79 Å². The van der Waals surface area contributed by atoms with E-state index in [1.165, 1.54) is 14.2 Å². The van der Waals surface area contributed by atoms with Crippen molar-refractivity contribution in [2.45, 2.75) is 45.2 Å². The number of para-hydroxylation sites is 2. The van der Waals surface area contributed by atoms with Crippen molar-refractivity contribution in [3.8, 4) is 11.5 Å². The number of methoxy groups -OCH3 is 2. The van der Waals surface area contributed by atoms with Crippen LogP contribution in [0.4, 0.5) is 11.4 Å². The molecule has 1 spiro atoms. The molecule has 0 saturated carbocycles. The second-order valence-corrected chi connectivity index (χ2v) is 12.1. The first-order valence-corrected chi connectivity index (χ1v) is 13.8. The number of hydrogen-bond acceptors (Lipinski definition) is 6. The molecule has 0 aliphatic carbocycles. The number of hydrogen-bond donors (Lipinski definition) is 1. The predicted octanol–water partition coefficient (Wildman–Crippen LogP) is 5.68. The Morgan fingerprint density at radius 2 is 1.66 bits per heavy atom. The van der Waals surface area contributed by atoms with Crippen LogP contribution in [0.5, 0.6) is 11.5 Å². The van der Waals surface area contributed by atoms with Gasteiger partial charge in [0.1, 0.15) is 23.0 Å². The Labute approximate surface area is 240 Å². The second-order valence-electron chi connectivity index (χ2n) is 12.1. The second kappa shape index (κ2) is 9.33. The third-order valence-electron chi connectivity index (χ3n) is 8.85. The fraction of sp³-hybridized carbons (Fsp3) is 0.324. The van der Waals surface area contributed by atoms with Gasteiger partial charge in [-0.2, -0.15) is 0 Å². The molecule has 1 N–H and O–H groups in total. The highest BCUT2D eigenvalue weighted by Crippen LogP contribution is 2.59. The maximum Gasteiger partial charge on any atom is 0.238 e. The van der Waals surface area contributed by atoms with Gasteiger partial charge in [0.2, 0.25) is 5.91 Å². The number of ether oxygens (including phenoxy) is 2. The van der Waals surface area contributed by atoms with Gasteiger partial charge >= 0.3 is 0 Å². The van der Waals surface area contributed by atoms with Crippen molar-refractivity contribution in [1.29, 1.82) is 0 Å². The van der Waals surface area contributed by atoms with Crippen LogP contribution in [0.15, 0.2) is 72.8 Å². The molecular weight excluding hydrogens is 516 g/mol. The lowest BCUT2D eigenvalue weighted by molar-refractivity contribution is -0.128. The smallest absolute Gasteiger partial charge is 0.238 e. The molecule has 210 valence electrons. The molecule has 7 nitrogen and oxygen atoms in total. The first-order valence-electron chi connectivity index (χ1n) is 13.8. The number of nitrogens with zero attached hydrogens (tertiary/aromatic N) is 1. The van der Waals surface area contributed by atoms with Crippen molar-refractivity contribution in [2.24, 2.45) is 11.3 Å². The van der Waals surface area contributed by atoms with Gasteiger partial charge in [-0.25, -0.2) is 0 Å². The van der Waals surface area contributed by atoms with Crippen molar-refractivity contribution in [1.82, 2.24) is 0 Å². The van der Waals surface area contributed by atoms with Crippen LogP contribution in [0.1, 0.15) is 49.2 Å². The fourth-order valence-corrected chi connectivity index (χ4v) is 7.01. The van der Waals surface area contributed by atoms with E-state index in [1.54, 1.807) is 18.2 Å². The van der Waals surface area contributed by atoms with E-state index in [9.17, 15) is 9.59 Å². The number of fused-ring (bicyclic) bond motifs is 6. The first-order chi connectivity index (χ1) is 19.5. The molecule has 1 amide bonds. The van der Waals surface area contributed by atoms with Crippen molar-refractivity contribution in [3.05, 3.63) is 89.5 Å². The summed E-state index contributed by atoms with van der Waals surface area (Å²) in [4.78, 5) is 46.2. The Bertz CT molecular complexity index is 1630. The quantitative estimate of drug-likeness (QED) is 0.412. The van der Waals surface area contributed by atoms with Crippen molar-refractivity contribution in [2.75, 3.05) is 24.4 Å². The molecule has 3 aliphatic heterocycles. The normalized spacial score (nSPS) is 24.2. The summed E-state index contributed by atoms with van der Waals surface area (Å²) >= 11 is 0. The highest BCUT2D eigenvalue weighted by Gasteiger charge is 2.71. The van der Waals surface area contributed by atoms with E-state index in [0.717, 1.165) is 16.8 Å². The number of ketones is 2. The molecule has 1 fully saturated rings. The summed E-state index contributed by atoms with van der Waals surface area (Å²) in [6.07, 6.45) is 2.06. The van der Waals surface area contributed by atoms with E-state index < -0.39 is 28.8 Å². The average molecular weight is 551 g/mol. The number of nitrogens with one attached hydrogen (secondary N) is 1. The molecule has 1 saturated heterocycles. The Kier molecular flexibility index (Phi) is 6.10. The number of rotatable bonds is 5. The molecule has 7 heteroatoms. The summed E-state index contributed by atoms with van der Waals surface area (Å²) in [6, 6.07) is 18.9. The van der Waals surface area contributed by atoms with Crippen LogP contribution in [0, 0.1) is 11.3 Å². The summed E-state index contributed by atoms with van der Waals surface area (Å²) in [5, 5.41) is 3.07. The topological polar surface area (TPSA) is 84.9 Å². The number of benzene rings is 3. The number of anilines is 2. The number of carbonyl (C=O) groups is 3. The average Bonchev–Trinajstić information content (AvgIpc) is 3.43. The zero-order chi connectivity index (χ0) is 29.3. The zero-order valence-electron chi connectivity index (χ0n) is 24.1. The Balaban J connectivity index is 1.72. The van der Waals surface area contributed by atoms with Crippen LogP contribution in [-0.2, 0) is 15.0 Å². The van der Waals surface area contributed by atoms with Gasteiger partial charge in [0.15, 0.2) is 11.6 Å². The summed E-state index contributed by atoms with van der Waals surface area (Å²) in [7, 11) is 3.04. The number of amides is 1. The molecular formula is C34H34N2O5. The van der Waals surface area contributed by atoms with Crippen LogP contribution in [0.25, 0.3) is 5.57 Å². The third-order valence-corrected chi connectivity index (χ3v) is 8.85. The maximum absolute atomic E-state index is 15.1. The molecule has 3 aliphatic rings. The molecule has 0 bridgehead atoms. The molecule has 41 heavy (non-hydrogen) atoms. The number of Topliss-reactive ketones (excluding diaryl/α,β-unsaturated/α-hetero) is 2. The number of carbonyl (C=O) groups excluding carboxylic acids is 3. The summed E-state index contributed by atoms with van der Waals surface area (Å²) in [5.74, 6) is -0.958. The number of allylic oxidation sites excluding steroid dienone is 1. The fourth-order valence-electron chi connectivity index (χ4n) is 7.01. The van der Waals surface area contributed by atoms with Crippen molar-refractivity contribution < 1.29 is 23.9 Å².